The van der Waals surface area contributed by atoms with E-state index in [4.69, 9.17) is 4.52 Å². The number of amides is 1. The van der Waals surface area contributed by atoms with Gasteiger partial charge in [-0.25, -0.2) is 8.78 Å². The summed E-state index contributed by atoms with van der Waals surface area (Å²) in [6.07, 6.45) is 0. The number of nitrogens with zero attached hydrogens (tertiary/aromatic N) is 1. The van der Waals surface area contributed by atoms with Crippen LogP contribution in [0.3, 0.4) is 0 Å². The maximum Gasteiger partial charge on any atom is 0.257 e. The molecular formula is C21H14F2N2O2. The van der Waals surface area contributed by atoms with Gasteiger partial charge in [0.05, 0.1) is 6.54 Å². The van der Waals surface area contributed by atoms with Gasteiger partial charge in [0.15, 0.2) is 5.76 Å². The lowest BCUT2D eigenvalue weighted by atomic mass is 10.1. The second-order valence-electron chi connectivity index (χ2n) is 6.02. The minimum atomic E-state index is -0.912. The topological polar surface area (TPSA) is 55.1 Å². The molecule has 0 atom stereocenters. The first-order chi connectivity index (χ1) is 13.1. The molecule has 4 nitrogen and oxygen atoms in total. The van der Waals surface area contributed by atoms with Gasteiger partial charge in [-0.3, -0.25) is 4.79 Å². The number of benzene rings is 3. The molecule has 1 heterocycles. The van der Waals surface area contributed by atoms with E-state index in [0.717, 1.165) is 28.5 Å². The largest absolute Gasteiger partial charge is 0.356 e. The number of hydrogen-bond donors (Lipinski definition) is 1. The number of halogens is 2. The SMILES string of the molecule is O=C(NCc1cc(-c2ccc3ccccc3c2)on1)c1c(F)cccc1F. The van der Waals surface area contributed by atoms with Gasteiger partial charge in [-0.1, -0.05) is 47.6 Å². The van der Waals surface area contributed by atoms with Gasteiger partial charge in [0, 0.05) is 11.6 Å². The van der Waals surface area contributed by atoms with Crippen LogP contribution in [0.1, 0.15) is 16.1 Å². The van der Waals surface area contributed by atoms with E-state index in [-0.39, 0.29) is 6.54 Å². The third-order valence-corrected chi connectivity index (χ3v) is 4.21. The lowest BCUT2D eigenvalue weighted by Gasteiger charge is -2.05. The average Bonchev–Trinajstić information content (AvgIpc) is 3.15. The first-order valence-corrected chi connectivity index (χ1v) is 8.29. The highest BCUT2D eigenvalue weighted by molar-refractivity contribution is 5.94. The van der Waals surface area contributed by atoms with E-state index >= 15 is 0 Å². The lowest BCUT2D eigenvalue weighted by molar-refractivity contribution is 0.0941. The zero-order valence-electron chi connectivity index (χ0n) is 14.1. The number of aromatic nitrogens is 1. The Kier molecular flexibility index (Phi) is 4.38. The summed E-state index contributed by atoms with van der Waals surface area (Å²) in [5, 5.41) is 8.53. The van der Waals surface area contributed by atoms with Gasteiger partial charge in [0.2, 0.25) is 0 Å². The van der Waals surface area contributed by atoms with E-state index in [1.807, 2.05) is 42.5 Å². The van der Waals surface area contributed by atoms with Crippen molar-refractivity contribution in [1.82, 2.24) is 10.5 Å². The van der Waals surface area contributed by atoms with Gasteiger partial charge < -0.3 is 9.84 Å². The fourth-order valence-corrected chi connectivity index (χ4v) is 2.85. The third-order valence-electron chi connectivity index (χ3n) is 4.21. The van der Waals surface area contributed by atoms with Gasteiger partial charge in [0.1, 0.15) is 22.9 Å². The zero-order chi connectivity index (χ0) is 18.8. The quantitative estimate of drug-likeness (QED) is 0.571. The molecule has 0 aliphatic heterocycles. The Bertz CT molecular complexity index is 1120. The van der Waals surface area contributed by atoms with E-state index < -0.39 is 23.1 Å². The Balaban J connectivity index is 1.50. The predicted molar refractivity (Wildman–Crippen MR) is 97.0 cm³/mol. The molecule has 0 spiro atoms. The molecule has 4 rings (SSSR count). The summed E-state index contributed by atoms with van der Waals surface area (Å²) in [5.74, 6) is -2.13. The van der Waals surface area contributed by atoms with Crippen LogP contribution < -0.4 is 5.32 Å². The normalized spacial score (nSPS) is 10.9. The Morgan fingerprint density at radius 2 is 1.67 bits per heavy atom. The average molecular weight is 364 g/mol. The van der Waals surface area contributed by atoms with Crippen LogP contribution in [0.4, 0.5) is 8.78 Å². The Morgan fingerprint density at radius 1 is 0.926 bits per heavy atom. The maximum absolute atomic E-state index is 13.6. The maximum atomic E-state index is 13.6. The van der Waals surface area contributed by atoms with Crippen LogP contribution in [-0.2, 0) is 6.54 Å². The molecule has 27 heavy (non-hydrogen) atoms. The number of rotatable bonds is 4. The van der Waals surface area contributed by atoms with Crippen molar-refractivity contribution in [3.8, 4) is 11.3 Å². The first kappa shape index (κ1) is 16.9. The molecule has 3 aromatic carbocycles. The first-order valence-electron chi connectivity index (χ1n) is 8.29. The molecule has 0 saturated carbocycles. The van der Waals surface area contributed by atoms with E-state index in [2.05, 4.69) is 10.5 Å². The zero-order valence-corrected chi connectivity index (χ0v) is 14.1. The number of hydrogen-bond acceptors (Lipinski definition) is 3. The minimum absolute atomic E-state index is 0.0102. The van der Waals surface area contributed by atoms with Crippen LogP contribution in [0.5, 0.6) is 0 Å². The number of nitrogens with one attached hydrogen (secondary N) is 1. The molecular weight excluding hydrogens is 350 g/mol. The predicted octanol–water partition coefficient (Wildman–Crippen LogP) is 4.70. The number of carbonyl (C=O) groups is 1. The van der Waals surface area contributed by atoms with E-state index in [1.54, 1.807) is 6.07 Å². The fraction of sp³-hybridized carbons (Fsp3) is 0.0476. The second kappa shape index (κ2) is 6.99. The van der Waals surface area contributed by atoms with Crippen LogP contribution >= 0.6 is 0 Å². The highest BCUT2D eigenvalue weighted by Crippen LogP contribution is 2.25. The third kappa shape index (κ3) is 3.42. The molecule has 4 aromatic rings. The molecule has 1 amide bonds. The standard InChI is InChI=1S/C21H14F2N2O2/c22-17-6-3-7-18(23)20(17)21(26)24-12-16-11-19(27-25-16)15-9-8-13-4-1-2-5-14(13)10-15/h1-11H,12H2,(H,24,26). The Labute approximate surface area is 153 Å². The summed E-state index contributed by atoms with van der Waals surface area (Å²) in [6.45, 7) is -0.0102. The van der Waals surface area contributed by atoms with Crippen LogP contribution in [0.2, 0.25) is 0 Å². The number of carbonyl (C=O) groups excluding carboxylic acids is 1. The van der Waals surface area contributed by atoms with Crippen molar-refractivity contribution in [3.63, 3.8) is 0 Å². The summed E-state index contributed by atoms with van der Waals surface area (Å²) in [7, 11) is 0. The summed E-state index contributed by atoms with van der Waals surface area (Å²) < 4.78 is 32.6. The van der Waals surface area contributed by atoms with Gasteiger partial charge >= 0.3 is 0 Å². The highest BCUT2D eigenvalue weighted by Gasteiger charge is 2.17. The van der Waals surface area contributed by atoms with Gasteiger partial charge in [-0.05, 0) is 29.0 Å². The molecule has 6 heteroatoms. The summed E-state index contributed by atoms with van der Waals surface area (Å²) >= 11 is 0. The molecule has 0 saturated heterocycles. The monoisotopic (exact) mass is 364 g/mol. The van der Waals surface area contributed by atoms with Crippen LogP contribution in [-0.4, -0.2) is 11.1 Å². The van der Waals surface area contributed by atoms with E-state index in [1.165, 1.54) is 6.07 Å². The van der Waals surface area contributed by atoms with Crippen molar-refractivity contribution in [1.29, 1.82) is 0 Å². The van der Waals surface area contributed by atoms with Crippen molar-refractivity contribution in [2.24, 2.45) is 0 Å². The molecule has 1 N–H and O–H groups in total. The van der Waals surface area contributed by atoms with Crippen molar-refractivity contribution >= 4 is 16.7 Å². The van der Waals surface area contributed by atoms with Crippen molar-refractivity contribution in [3.05, 3.63) is 89.6 Å². The summed E-state index contributed by atoms with van der Waals surface area (Å²) in [6, 6.07) is 18.8. The van der Waals surface area contributed by atoms with E-state index in [9.17, 15) is 13.6 Å². The Morgan fingerprint density at radius 3 is 2.44 bits per heavy atom. The smallest absolute Gasteiger partial charge is 0.257 e. The van der Waals surface area contributed by atoms with Gasteiger partial charge in [-0.15, -0.1) is 0 Å². The molecule has 0 unspecified atom stereocenters. The lowest BCUT2D eigenvalue weighted by Crippen LogP contribution is -2.25. The fourth-order valence-electron chi connectivity index (χ4n) is 2.85. The number of fused-ring (bicyclic) bond motifs is 1. The van der Waals surface area contributed by atoms with Gasteiger partial charge in [0.25, 0.3) is 5.91 Å². The molecule has 0 fully saturated rings. The molecule has 1 aromatic heterocycles. The van der Waals surface area contributed by atoms with Crippen molar-refractivity contribution in [2.75, 3.05) is 0 Å². The molecule has 0 aliphatic rings. The van der Waals surface area contributed by atoms with Crippen LogP contribution in [0, 0.1) is 11.6 Å². The minimum Gasteiger partial charge on any atom is -0.356 e. The molecule has 134 valence electrons. The Hall–Kier alpha value is -3.54. The summed E-state index contributed by atoms with van der Waals surface area (Å²) in [4.78, 5) is 12.0. The van der Waals surface area contributed by atoms with Crippen LogP contribution in [0.15, 0.2) is 71.3 Å². The molecule has 0 aliphatic carbocycles. The van der Waals surface area contributed by atoms with E-state index in [0.29, 0.717) is 11.5 Å². The molecule has 0 bridgehead atoms. The van der Waals surface area contributed by atoms with Crippen molar-refractivity contribution in [2.45, 2.75) is 6.54 Å². The second-order valence-corrected chi connectivity index (χ2v) is 6.02. The summed E-state index contributed by atoms with van der Waals surface area (Å²) in [5.41, 5.74) is 0.679. The molecule has 0 radical (unpaired) electrons. The van der Waals surface area contributed by atoms with Crippen LogP contribution in [0.25, 0.3) is 22.1 Å². The van der Waals surface area contributed by atoms with Gasteiger partial charge in [-0.2, -0.15) is 0 Å². The van der Waals surface area contributed by atoms with Crippen molar-refractivity contribution < 1.29 is 18.1 Å². The highest BCUT2D eigenvalue weighted by atomic mass is 19.1.